The third-order valence-electron chi connectivity index (χ3n) is 4.93. The molecular weight excluding hydrogens is 310 g/mol. The molecule has 2 aromatic carbocycles. The summed E-state index contributed by atoms with van der Waals surface area (Å²) in [6.45, 7) is 2.91. The molecule has 0 aromatic heterocycles. The Kier molecular flexibility index (Phi) is 5.71. The third-order valence-corrected chi connectivity index (χ3v) is 4.93. The Morgan fingerprint density at radius 1 is 1.04 bits per heavy atom. The van der Waals surface area contributed by atoms with Crippen molar-refractivity contribution in [2.75, 3.05) is 25.0 Å². The second-order valence-corrected chi connectivity index (χ2v) is 6.81. The molecule has 4 heteroatoms. The molecule has 132 valence electrons. The fourth-order valence-electron chi connectivity index (χ4n) is 3.72. The van der Waals surface area contributed by atoms with E-state index >= 15 is 0 Å². The first kappa shape index (κ1) is 17.5. The summed E-state index contributed by atoms with van der Waals surface area (Å²) in [6.07, 6.45) is 3.81. The van der Waals surface area contributed by atoms with Crippen LogP contribution in [0.5, 0.6) is 0 Å². The fourth-order valence-corrected chi connectivity index (χ4v) is 3.72. The number of anilines is 1. The molecule has 0 bridgehead atoms. The summed E-state index contributed by atoms with van der Waals surface area (Å²) in [5.74, 6) is -0.316. The smallest absolute Gasteiger partial charge is 0.239 e. The Morgan fingerprint density at radius 3 is 2.36 bits per heavy atom. The molecule has 1 aliphatic rings. The molecule has 0 saturated carbocycles. The highest BCUT2D eigenvalue weighted by atomic mass is 16.1. The Labute approximate surface area is 150 Å². The van der Waals surface area contributed by atoms with Crippen molar-refractivity contribution < 1.29 is 4.79 Å². The van der Waals surface area contributed by atoms with Crippen LogP contribution in [0.3, 0.4) is 0 Å². The molecule has 0 spiro atoms. The molecule has 1 heterocycles. The lowest BCUT2D eigenvalue weighted by molar-refractivity contribution is -0.123. The SMILES string of the molecule is CN(Cc1ccccc1N1CCCCC1)C(C(N)=O)c1ccccc1. The number of likely N-dealkylation sites (N-methyl/N-ethyl adjacent to an activating group) is 1. The largest absolute Gasteiger partial charge is 0.371 e. The van der Waals surface area contributed by atoms with Gasteiger partial charge in [0.05, 0.1) is 0 Å². The van der Waals surface area contributed by atoms with Crippen LogP contribution in [0.2, 0.25) is 0 Å². The highest BCUT2D eigenvalue weighted by Crippen LogP contribution is 2.28. The lowest BCUT2D eigenvalue weighted by Gasteiger charge is -2.32. The molecular formula is C21H27N3O. The maximum atomic E-state index is 12.1. The van der Waals surface area contributed by atoms with Gasteiger partial charge in [0.1, 0.15) is 6.04 Å². The number of nitrogens with two attached hydrogens (primary N) is 1. The number of primary amides is 1. The molecule has 1 fully saturated rings. The van der Waals surface area contributed by atoms with Gasteiger partial charge in [0, 0.05) is 25.3 Å². The third kappa shape index (κ3) is 4.20. The van der Waals surface area contributed by atoms with E-state index in [1.807, 2.05) is 42.3 Å². The minimum atomic E-state index is -0.421. The average molecular weight is 337 g/mol. The van der Waals surface area contributed by atoms with Crippen molar-refractivity contribution in [2.24, 2.45) is 5.73 Å². The molecule has 1 atom stereocenters. The maximum Gasteiger partial charge on any atom is 0.239 e. The van der Waals surface area contributed by atoms with E-state index in [2.05, 4.69) is 29.2 Å². The topological polar surface area (TPSA) is 49.6 Å². The lowest BCUT2D eigenvalue weighted by Crippen LogP contribution is -2.36. The van der Waals surface area contributed by atoms with E-state index in [-0.39, 0.29) is 5.91 Å². The number of piperidine rings is 1. The highest BCUT2D eigenvalue weighted by Gasteiger charge is 2.24. The number of para-hydroxylation sites is 1. The van der Waals surface area contributed by atoms with E-state index in [0.29, 0.717) is 6.54 Å². The van der Waals surface area contributed by atoms with Crippen LogP contribution < -0.4 is 10.6 Å². The van der Waals surface area contributed by atoms with Crippen molar-refractivity contribution in [3.05, 3.63) is 65.7 Å². The standard InChI is InChI=1S/C21H27N3O/c1-23(20(21(22)25)17-10-4-2-5-11-17)16-18-12-6-7-13-19(18)24-14-8-3-9-15-24/h2,4-7,10-13,20H,3,8-9,14-16H2,1H3,(H2,22,25). The van der Waals surface area contributed by atoms with Crippen LogP contribution in [0.15, 0.2) is 54.6 Å². The molecule has 0 aliphatic carbocycles. The van der Waals surface area contributed by atoms with Gasteiger partial charge in [-0.15, -0.1) is 0 Å². The van der Waals surface area contributed by atoms with Gasteiger partial charge in [0.2, 0.25) is 5.91 Å². The normalized spacial score (nSPS) is 16.0. The second-order valence-electron chi connectivity index (χ2n) is 6.81. The molecule has 2 aromatic rings. The van der Waals surface area contributed by atoms with Gasteiger partial charge in [-0.25, -0.2) is 0 Å². The summed E-state index contributed by atoms with van der Waals surface area (Å²) in [4.78, 5) is 16.6. The van der Waals surface area contributed by atoms with Crippen LogP contribution in [0.25, 0.3) is 0 Å². The molecule has 4 nitrogen and oxygen atoms in total. The van der Waals surface area contributed by atoms with Crippen molar-refractivity contribution in [2.45, 2.75) is 31.8 Å². The Balaban J connectivity index is 1.82. The predicted molar refractivity (Wildman–Crippen MR) is 102 cm³/mol. The summed E-state index contributed by atoms with van der Waals surface area (Å²) in [7, 11) is 1.97. The van der Waals surface area contributed by atoms with Gasteiger partial charge in [-0.05, 0) is 43.5 Å². The minimum Gasteiger partial charge on any atom is -0.371 e. The van der Waals surface area contributed by atoms with E-state index in [9.17, 15) is 4.79 Å². The maximum absolute atomic E-state index is 12.1. The van der Waals surface area contributed by atoms with Crippen molar-refractivity contribution >= 4 is 11.6 Å². The number of carbonyl (C=O) groups excluding carboxylic acids is 1. The van der Waals surface area contributed by atoms with Crippen molar-refractivity contribution in [3.8, 4) is 0 Å². The fraction of sp³-hybridized carbons (Fsp3) is 0.381. The Hall–Kier alpha value is -2.33. The first-order valence-corrected chi connectivity index (χ1v) is 9.04. The zero-order chi connectivity index (χ0) is 17.6. The van der Waals surface area contributed by atoms with Crippen molar-refractivity contribution in [1.29, 1.82) is 0 Å². The second kappa shape index (κ2) is 8.17. The minimum absolute atomic E-state index is 0.316. The number of hydrogen-bond donors (Lipinski definition) is 1. The lowest BCUT2D eigenvalue weighted by atomic mass is 10.0. The monoisotopic (exact) mass is 337 g/mol. The zero-order valence-corrected chi connectivity index (χ0v) is 14.9. The van der Waals surface area contributed by atoms with Crippen molar-refractivity contribution in [3.63, 3.8) is 0 Å². The molecule has 1 aliphatic heterocycles. The number of carbonyl (C=O) groups is 1. The quantitative estimate of drug-likeness (QED) is 0.879. The highest BCUT2D eigenvalue weighted by molar-refractivity contribution is 5.81. The summed E-state index contributed by atoms with van der Waals surface area (Å²) in [6, 6.07) is 17.9. The van der Waals surface area contributed by atoms with Crippen LogP contribution in [-0.2, 0) is 11.3 Å². The van der Waals surface area contributed by atoms with E-state index < -0.39 is 6.04 Å². The zero-order valence-electron chi connectivity index (χ0n) is 14.9. The summed E-state index contributed by atoms with van der Waals surface area (Å²) in [5, 5.41) is 0. The van der Waals surface area contributed by atoms with Crippen LogP contribution in [0.1, 0.15) is 36.4 Å². The molecule has 3 rings (SSSR count). The number of rotatable bonds is 6. The van der Waals surface area contributed by atoms with E-state index in [0.717, 1.165) is 18.7 Å². The molecule has 2 N–H and O–H groups in total. The van der Waals surface area contributed by atoms with Gasteiger partial charge in [-0.3, -0.25) is 9.69 Å². The van der Waals surface area contributed by atoms with E-state index in [4.69, 9.17) is 5.73 Å². The van der Waals surface area contributed by atoms with E-state index in [1.54, 1.807) is 0 Å². The van der Waals surface area contributed by atoms with Gasteiger partial charge < -0.3 is 10.6 Å². The predicted octanol–water partition coefficient (Wildman–Crippen LogP) is 3.34. The molecule has 0 radical (unpaired) electrons. The first-order chi connectivity index (χ1) is 12.2. The van der Waals surface area contributed by atoms with Crippen molar-refractivity contribution in [1.82, 2.24) is 4.90 Å². The van der Waals surface area contributed by atoms with E-state index in [1.165, 1.54) is 30.5 Å². The van der Waals surface area contributed by atoms with Crippen LogP contribution in [0, 0.1) is 0 Å². The number of hydrogen-bond acceptors (Lipinski definition) is 3. The average Bonchev–Trinajstić information content (AvgIpc) is 2.63. The Bertz CT molecular complexity index is 695. The van der Waals surface area contributed by atoms with Gasteiger partial charge in [0.15, 0.2) is 0 Å². The molecule has 25 heavy (non-hydrogen) atoms. The Morgan fingerprint density at radius 2 is 1.68 bits per heavy atom. The summed E-state index contributed by atoms with van der Waals surface area (Å²) >= 11 is 0. The molecule has 1 unspecified atom stereocenters. The van der Waals surface area contributed by atoms with Gasteiger partial charge in [0.25, 0.3) is 0 Å². The molecule has 1 saturated heterocycles. The van der Waals surface area contributed by atoms with Gasteiger partial charge in [-0.2, -0.15) is 0 Å². The summed E-state index contributed by atoms with van der Waals surface area (Å²) in [5.41, 5.74) is 9.18. The van der Waals surface area contributed by atoms with Crippen LogP contribution >= 0.6 is 0 Å². The number of nitrogens with zero attached hydrogens (tertiary/aromatic N) is 2. The number of amides is 1. The van der Waals surface area contributed by atoms with Crippen LogP contribution in [-0.4, -0.2) is 30.9 Å². The molecule has 1 amide bonds. The number of benzene rings is 2. The van der Waals surface area contributed by atoms with Crippen LogP contribution in [0.4, 0.5) is 5.69 Å². The summed E-state index contributed by atoms with van der Waals surface area (Å²) < 4.78 is 0. The first-order valence-electron chi connectivity index (χ1n) is 9.04. The van der Waals surface area contributed by atoms with Gasteiger partial charge >= 0.3 is 0 Å². The van der Waals surface area contributed by atoms with Gasteiger partial charge in [-0.1, -0.05) is 48.5 Å².